The SMILES string of the molecule is C/C=C/C=C\C(=O)OCCC. The molecular formula is C9H14O2. The lowest BCUT2D eigenvalue weighted by Gasteiger charge is -1.95. The fraction of sp³-hybridized carbons (Fsp3) is 0.444. The van der Waals surface area contributed by atoms with Gasteiger partial charge in [-0.3, -0.25) is 0 Å². The summed E-state index contributed by atoms with van der Waals surface area (Å²) in [5.74, 6) is -0.273. The molecule has 2 nitrogen and oxygen atoms in total. The molecule has 0 aliphatic rings. The average Bonchev–Trinajstić information content (AvgIpc) is 2.01. The Balaban J connectivity index is 3.51. The third-order valence-electron chi connectivity index (χ3n) is 0.984. The highest BCUT2D eigenvalue weighted by atomic mass is 16.5. The summed E-state index contributed by atoms with van der Waals surface area (Å²) in [6.45, 7) is 4.35. The fourth-order valence-electron chi connectivity index (χ4n) is 0.496. The summed E-state index contributed by atoms with van der Waals surface area (Å²) in [5, 5.41) is 0. The minimum absolute atomic E-state index is 0.273. The first-order valence-corrected chi connectivity index (χ1v) is 3.77. The quantitative estimate of drug-likeness (QED) is 0.352. The molecule has 0 rings (SSSR count). The summed E-state index contributed by atoms with van der Waals surface area (Å²) in [6, 6.07) is 0. The van der Waals surface area contributed by atoms with Crippen LogP contribution in [0, 0.1) is 0 Å². The Labute approximate surface area is 67.6 Å². The van der Waals surface area contributed by atoms with Gasteiger partial charge < -0.3 is 4.74 Å². The maximum absolute atomic E-state index is 10.7. The van der Waals surface area contributed by atoms with Gasteiger partial charge in [-0.05, 0) is 13.3 Å². The third kappa shape index (κ3) is 6.84. The number of hydrogen-bond donors (Lipinski definition) is 0. The van der Waals surface area contributed by atoms with Crippen LogP contribution in [0.3, 0.4) is 0 Å². The Morgan fingerprint density at radius 1 is 1.45 bits per heavy atom. The fourth-order valence-corrected chi connectivity index (χ4v) is 0.496. The van der Waals surface area contributed by atoms with Crippen LogP contribution in [0.25, 0.3) is 0 Å². The Morgan fingerprint density at radius 2 is 2.18 bits per heavy atom. The van der Waals surface area contributed by atoms with Crippen LogP contribution in [0.4, 0.5) is 0 Å². The van der Waals surface area contributed by atoms with Crippen molar-refractivity contribution in [2.75, 3.05) is 6.61 Å². The maximum atomic E-state index is 10.7. The summed E-state index contributed by atoms with van der Waals surface area (Å²) in [4.78, 5) is 10.7. The molecule has 0 bridgehead atoms. The van der Waals surface area contributed by atoms with Crippen LogP contribution in [-0.4, -0.2) is 12.6 Å². The van der Waals surface area contributed by atoms with E-state index in [1.54, 1.807) is 12.2 Å². The van der Waals surface area contributed by atoms with Crippen LogP contribution in [-0.2, 0) is 9.53 Å². The number of hydrogen-bond acceptors (Lipinski definition) is 2. The first kappa shape index (κ1) is 9.95. The van der Waals surface area contributed by atoms with Gasteiger partial charge in [0, 0.05) is 6.08 Å². The second-order valence-corrected chi connectivity index (χ2v) is 2.05. The van der Waals surface area contributed by atoms with Crippen LogP contribution in [0.2, 0.25) is 0 Å². The number of carbonyl (C=O) groups is 1. The number of carbonyl (C=O) groups excluding carboxylic acids is 1. The highest BCUT2D eigenvalue weighted by Gasteiger charge is 1.91. The molecule has 0 aromatic carbocycles. The zero-order valence-electron chi connectivity index (χ0n) is 7.04. The van der Waals surface area contributed by atoms with Crippen molar-refractivity contribution < 1.29 is 9.53 Å². The summed E-state index contributed by atoms with van der Waals surface area (Å²) in [5.41, 5.74) is 0. The second-order valence-electron chi connectivity index (χ2n) is 2.05. The molecule has 0 spiro atoms. The van der Waals surface area contributed by atoms with Crippen molar-refractivity contribution in [3.8, 4) is 0 Å². The Kier molecular flexibility index (Phi) is 6.39. The van der Waals surface area contributed by atoms with Gasteiger partial charge in [-0.2, -0.15) is 0 Å². The van der Waals surface area contributed by atoms with Gasteiger partial charge in [-0.25, -0.2) is 4.79 Å². The first-order chi connectivity index (χ1) is 5.31. The van der Waals surface area contributed by atoms with Gasteiger partial charge in [0.2, 0.25) is 0 Å². The highest BCUT2D eigenvalue weighted by molar-refractivity contribution is 5.82. The van der Waals surface area contributed by atoms with E-state index in [0.29, 0.717) is 6.61 Å². The molecule has 2 heteroatoms. The van der Waals surface area contributed by atoms with Crippen LogP contribution in [0.5, 0.6) is 0 Å². The van der Waals surface area contributed by atoms with E-state index in [-0.39, 0.29) is 5.97 Å². The van der Waals surface area contributed by atoms with Crippen molar-refractivity contribution >= 4 is 5.97 Å². The molecule has 0 unspecified atom stereocenters. The minimum atomic E-state index is -0.273. The molecule has 0 radical (unpaired) electrons. The zero-order valence-corrected chi connectivity index (χ0v) is 7.04. The Hall–Kier alpha value is -1.05. The summed E-state index contributed by atoms with van der Waals surface area (Å²) in [6.07, 6.45) is 7.58. The standard InChI is InChI=1S/C9H14O2/c1-3-5-6-7-9(10)11-8-4-2/h3,5-7H,4,8H2,1-2H3/b5-3+,7-6-. The second kappa shape index (κ2) is 7.06. The van der Waals surface area contributed by atoms with Gasteiger partial charge in [-0.15, -0.1) is 0 Å². The Morgan fingerprint density at radius 3 is 2.73 bits per heavy atom. The predicted octanol–water partition coefficient (Wildman–Crippen LogP) is 2.07. The number of esters is 1. The van der Waals surface area contributed by atoms with Crippen molar-refractivity contribution in [2.45, 2.75) is 20.3 Å². The van der Waals surface area contributed by atoms with Gasteiger partial charge >= 0.3 is 5.97 Å². The molecule has 0 atom stereocenters. The van der Waals surface area contributed by atoms with Crippen molar-refractivity contribution in [3.05, 3.63) is 24.3 Å². The van der Waals surface area contributed by atoms with E-state index in [4.69, 9.17) is 4.74 Å². The average molecular weight is 154 g/mol. The van der Waals surface area contributed by atoms with E-state index in [9.17, 15) is 4.79 Å². The zero-order chi connectivity index (χ0) is 8.53. The van der Waals surface area contributed by atoms with E-state index < -0.39 is 0 Å². The summed E-state index contributed by atoms with van der Waals surface area (Å²) >= 11 is 0. The summed E-state index contributed by atoms with van der Waals surface area (Å²) < 4.78 is 4.78. The van der Waals surface area contributed by atoms with Gasteiger partial charge in [0.1, 0.15) is 0 Å². The molecule has 0 aliphatic carbocycles. The molecule has 11 heavy (non-hydrogen) atoms. The topological polar surface area (TPSA) is 26.3 Å². The molecule has 0 saturated heterocycles. The van der Waals surface area contributed by atoms with E-state index in [1.807, 2.05) is 19.9 Å². The number of ether oxygens (including phenoxy) is 1. The van der Waals surface area contributed by atoms with Crippen molar-refractivity contribution in [3.63, 3.8) is 0 Å². The highest BCUT2D eigenvalue weighted by Crippen LogP contribution is 1.85. The normalized spacial score (nSPS) is 11.1. The lowest BCUT2D eigenvalue weighted by Crippen LogP contribution is -2.00. The number of allylic oxidation sites excluding steroid dienone is 3. The predicted molar refractivity (Wildman–Crippen MR) is 45.2 cm³/mol. The molecule has 0 saturated carbocycles. The minimum Gasteiger partial charge on any atom is -0.463 e. The van der Waals surface area contributed by atoms with E-state index in [2.05, 4.69) is 0 Å². The molecule has 0 aromatic rings. The molecular weight excluding hydrogens is 140 g/mol. The molecule has 0 N–H and O–H groups in total. The summed E-state index contributed by atoms with van der Waals surface area (Å²) in [7, 11) is 0. The van der Waals surface area contributed by atoms with Gasteiger partial charge in [0.05, 0.1) is 6.61 Å². The van der Waals surface area contributed by atoms with E-state index in [1.165, 1.54) is 6.08 Å². The molecule has 0 aromatic heterocycles. The van der Waals surface area contributed by atoms with Gasteiger partial charge in [-0.1, -0.05) is 25.2 Å². The monoisotopic (exact) mass is 154 g/mol. The smallest absolute Gasteiger partial charge is 0.330 e. The number of rotatable bonds is 4. The van der Waals surface area contributed by atoms with Crippen LogP contribution < -0.4 is 0 Å². The van der Waals surface area contributed by atoms with E-state index >= 15 is 0 Å². The van der Waals surface area contributed by atoms with Crippen LogP contribution in [0.15, 0.2) is 24.3 Å². The van der Waals surface area contributed by atoms with E-state index in [0.717, 1.165) is 6.42 Å². The lowest BCUT2D eigenvalue weighted by atomic mass is 10.4. The van der Waals surface area contributed by atoms with Gasteiger partial charge in [0.25, 0.3) is 0 Å². The molecule has 62 valence electrons. The van der Waals surface area contributed by atoms with Crippen molar-refractivity contribution in [2.24, 2.45) is 0 Å². The van der Waals surface area contributed by atoms with Crippen LogP contribution in [0.1, 0.15) is 20.3 Å². The molecule has 0 amide bonds. The van der Waals surface area contributed by atoms with Crippen molar-refractivity contribution in [1.29, 1.82) is 0 Å². The Bertz CT molecular complexity index is 157. The first-order valence-electron chi connectivity index (χ1n) is 3.77. The molecule has 0 heterocycles. The maximum Gasteiger partial charge on any atom is 0.330 e. The van der Waals surface area contributed by atoms with Crippen molar-refractivity contribution in [1.82, 2.24) is 0 Å². The third-order valence-corrected chi connectivity index (χ3v) is 0.984. The van der Waals surface area contributed by atoms with Crippen LogP contribution >= 0.6 is 0 Å². The molecule has 0 fully saturated rings. The largest absolute Gasteiger partial charge is 0.463 e. The molecule has 0 aliphatic heterocycles. The van der Waals surface area contributed by atoms with Gasteiger partial charge in [0.15, 0.2) is 0 Å². The lowest BCUT2D eigenvalue weighted by molar-refractivity contribution is -0.137.